The summed E-state index contributed by atoms with van der Waals surface area (Å²) in [6.45, 7) is 7.81. The predicted octanol–water partition coefficient (Wildman–Crippen LogP) is 1.26. The number of nitrogens with zero attached hydrogens (tertiary/aromatic N) is 2. The normalized spacial score (nSPS) is 27.5. The molecule has 6 nitrogen and oxygen atoms in total. The maximum atomic E-state index is 12.4. The quantitative estimate of drug-likeness (QED) is 0.873. The van der Waals surface area contributed by atoms with E-state index in [9.17, 15) is 9.59 Å². The number of anilines is 1. The lowest BCUT2D eigenvalue weighted by Gasteiger charge is -2.35. The number of morpholine rings is 1. The summed E-state index contributed by atoms with van der Waals surface area (Å²) in [5, 5.41) is 2.99. The van der Waals surface area contributed by atoms with Crippen molar-refractivity contribution in [2.24, 2.45) is 5.92 Å². The minimum absolute atomic E-state index is 0.0159. The Kier molecular flexibility index (Phi) is 5.71. The van der Waals surface area contributed by atoms with Crippen LogP contribution in [-0.2, 0) is 14.3 Å². The van der Waals surface area contributed by atoms with E-state index in [0.29, 0.717) is 13.1 Å². The van der Waals surface area contributed by atoms with Gasteiger partial charge in [0.2, 0.25) is 11.8 Å². The van der Waals surface area contributed by atoms with Gasteiger partial charge < -0.3 is 15.0 Å². The van der Waals surface area contributed by atoms with Crippen molar-refractivity contribution in [2.75, 3.05) is 37.6 Å². The summed E-state index contributed by atoms with van der Waals surface area (Å²) in [5.74, 6) is -0.279. The maximum Gasteiger partial charge on any atom is 0.227 e. The highest BCUT2D eigenvalue weighted by molar-refractivity contribution is 6.00. The fraction of sp³-hybridized carbons (Fsp3) is 0.579. The maximum absolute atomic E-state index is 12.4. The first kappa shape index (κ1) is 17.9. The third-order valence-electron chi connectivity index (χ3n) is 4.79. The number of hydrogen-bond donors (Lipinski definition) is 1. The van der Waals surface area contributed by atoms with Gasteiger partial charge in [0, 0.05) is 44.8 Å². The van der Waals surface area contributed by atoms with Crippen LogP contribution < -0.4 is 10.2 Å². The second-order valence-corrected chi connectivity index (χ2v) is 7.05. The molecule has 3 rings (SSSR count). The van der Waals surface area contributed by atoms with E-state index in [4.69, 9.17) is 4.74 Å². The molecular formula is C19H27N3O3. The van der Waals surface area contributed by atoms with Crippen LogP contribution in [0.25, 0.3) is 0 Å². The monoisotopic (exact) mass is 345 g/mol. The van der Waals surface area contributed by atoms with Gasteiger partial charge >= 0.3 is 0 Å². The van der Waals surface area contributed by atoms with Crippen molar-refractivity contribution in [3.63, 3.8) is 0 Å². The van der Waals surface area contributed by atoms with Gasteiger partial charge in [-0.05, 0) is 26.0 Å². The molecule has 2 aliphatic heterocycles. The van der Waals surface area contributed by atoms with Crippen LogP contribution in [-0.4, -0.2) is 61.6 Å². The third-order valence-corrected chi connectivity index (χ3v) is 4.79. The Labute approximate surface area is 149 Å². The van der Waals surface area contributed by atoms with Gasteiger partial charge in [0.15, 0.2) is 0 Å². The van der Waals surface area contributed by atoms with Crippen LogP contribution in [0, 0.1) is 5.92 Å². The zero-order valence-corrected chi connectivity index (χ0v) is 15.0. The van der Waals surface area contributed by atoms with Gasteiger partial charge in [-0.15, -0.1) is 0 Å². The van der Waals surface area contributed by atoms with Crippen LogP contribution in [0.5, 0.6) is 0 Å². The molecule has 2 saturated heterocycles. The van der Waals surface area contributed by atoms with Crippen LogP contribution in [0.3, 0.4) is 0 Å². The average molecular weight is 345 g/mol. The van der Waals surface area contributed by atoms with Crippen LogP contribution in [0.1, 0.15) is 20.3 Å². The van der Waals surface area contributed by atoms with E-state index >= 15 is 0 Å². The number of hydrogen-bond acceptors (Lipinski definition) is 4. The Morgan fingerprint density at radius 3 is 2.52 bits per heavy atom. The molecule has 1 N–H and O–H groups in total. The van der Waals surface area contributed by atoms with Crippen molar-refractivity contribution in [1.29, 1.82) is 0 Å². The topological polar surface area (TPSA) is 61.9 Å². The lowest BCUT2D eigenvalue weighted by atomic mass is 10.1. The molecule has 2 amide bonds. The second-order valence-electron chi connectivity index (χ2n) is 7.05. The van der Waals surface area contributed by atoms with Crippen LogP contribution in [0.4, 0.5) is 5.69 Å². The molecule has 0 saturated carbocycles. The van der Waals surface area contributed by atoms with Crippen LogP contribution >= 0.6 is 0 Å². The fourth-order valence-electron chi connectivity index (χ4n) is 3.69. The van der Waals surface area contributed by atoms with Crippen LogP contribution in [0.15, 0.2) is 30.3 Å². The van der Waals surface area contributed by atoms with E-state index in [1.807, 2.05) is 30.3 Å². The zero-order valence-electron chi connectivity index (χ0n) is 15.0. The molecule has 0 radical (unpaired) electrons. The molecule has 0 bridgehead atoms. The first-order valence-electron chi connectivity index (χ1n) is 9.04. The first-order chi connectivity index (χ1) is 12.0. The third kappa shape index (κ3) is 4.58. The number of para-hydroxylation sites is 1. The van der Waals surface area contributed by atoms with E-state index in [1.54, 1.807) is 4.90 Å². The average Bonchev–Trinajstić information content (AvgIpc) is 2.97. The number of nitrogens with one attached hydrogen (secondary N) is 1. The minimum atomic E-state index is -0.268. The largest absolute Gasteiger partial charge is 0.373 e. The van der Waals surface area contributed by atoms with E-state index < -0.39 is 0 Å². The van der Waals surface area contributed by atoms with Gasteiger partial charge in [-0.2, -0.15) is 0 Å². The molecule has 2 heterocycles. The Hall–Kier alpha value is -1.92. The molecule has 6 heteroatoms. The molecule has 1 aromatic carbocycles. The van der Waals surface area contributed by atoms with Crippen molar-refractivity contribution in [1.82, 2.24) is 10.2 Å². The van der Waals surface area contributed by atoms with E-state index in [2.05, 4.69) is 24.1 Å². The second kappa shape index (κ2) is 7.97. The summed E-state index contributed by atoms with van der Waals surface area (Å²) < 4.78 is 5.72. The number of carbonyl (C=O) groups excluding carboxylic acids is 2. The number of ether oxygens (including phenoxy) is 1. The first-order valence-corrected chi connectivity index (χ1v) is 9.04. The Bertz CT molecular complexity index is 597. The number of benzene rings is 1. The van der Waals surface area contributed by atoms with E-state index in [0.717, 1.165) is 25.3 Å². The van der Waals surface area contributed by atoms with Gasteiger partial charge in [0.1, 0.15) is 0 Å². The lowest BCUT2D eigenvalue weighted by molar-refractivity contribution is -0.126. The molecule has 0 unspecified atom stereocenters. The molecule has 3 atom stereocenters. The van der Waals surface area contributed by atoms with Crippen molar-refractivity contribution in [3.8, 4) is 0 Å². The molecule has 0 spiro atoms. The fourth-order valence-corrected chi connectivity index (χ4v) is 3.69. The summed E-state index contributed by atoms with van der Waals surface area (Å²) in [6.07, 6.45) is 0.740. The number of carbonyl (C=O) groups is 2. The highest BCUT2D eigenvalue weighted by atomic mass is 16.5. The number of rotatable bonds is 5. The predicted molar refractivity (Wildman–Crippen MR) is 96.4 cm³/mol. The summed E-state index contributed by atoms with van der Waals surface area (Å²) in [7, 11) is 0. The molecule has 0 aliphatic carbocycles. The van der Waals surface area contributed by atoms with E-state index in [1.165, 1.54) is 0 Å². The molecule has 2 aliphatic rings. The summed E-state index contributed by atoms with van der Waals surface area (Å²) in [4.78, 5) is 28.6. The van der Waals surface area contributed by atoms with Crippen LogP contribution in [0.2, 0.25) is 0 Å². The Morgan fingerprint density at radius 2 is 1.84 bits per heavy atom. The Morgan fingerprint density at radius 1 is 1.16 bits per heavy atom. The SMILES string of the molecule is C[C@@H]1CN(CCNC(=O)[C@@H]2CC(=O)N(c3ccccc3)C2)C[C@@H](C)O1. The summed E-state index contributed by atoms with van der Waals surface area (Å²) in [5.41, 5.74) is 0.860. The minimum Gasteiger partial charge on any atom is -0.373 e. The molecular weight excluding hydrogens is 318 g/mol. The lowest BCUT2D eigenvalue weighted by Crippen LogP contribution is -2.48. The molecule has 0 aromatic heterocycles. The highest BCUT2D eigenvalue weighted by Crippen LogP contribution is 2.24. The van der Waals surface area contributed by atoms with Crippen molar-refractivity contribution < 1.29 is 14.3 Å². The molecule has 2 fully saturated rings. The van der Waals surface area contributed by atoms with Gasteiger partial charge in [-0.3, -0.25) is 14.5 Å². The highest BCUT2D eigenvalue weighted by Gasteiger charge is 2.35. The van der Waals surface area contributed by atoms with Crippen molar-refractivity contribution in [3.05, 3.63) is 30.3 Å². The standard InChI is InChI=1S/C19H27N3O3/c1-14-11-21(12-15(2)25-14)9-8-20-19(24)16-10-18(23)22(13-16)17-6-4-3-5-7-17/h3-7,14-16H,8-13H2,1-2H3,(H,20,24)/t14-,15-,16-/m1/s1. The van der Waals surface area contributed by atoms with Gasteiger partial charge in [-0.1, -0.05) is 18.2 Å². The summed E-state index contributed by atoms with van der Waals surface area (Å²) in [6, 6.07) is 9.53. The smallest absolute Gasteiger partial charge is 0.227 e. The molecule has 25 heavy (non-hydrogen) atoms. The van der Waals surface area contributed by atoms with Crippen molar-refractivity contribution in [2.45, 2.75) is 32.5 Å². The van der Waals surface area contributed by atoms with E-state index in [-0.39, 0.29) is 36.4 Å². The zero-order chi connectivity index (χ0) is 17.8. The molecule has 136 valence electrons. The number of amides is 2. The van der Waals surface area contributed by atoms with Gasteiger partial charge in [0.25, 0.3) is 0 Å². The Balaban J connectivity index is 1.45. The summed E-state index contributed by atoms with van der Waals surface area (Å²) >= 11 is 0. The molecule has 1 aromatic rings. The van der Waals surface area contributed by atoms with Gasteiger partial charge in [0.05, 0.1) is 18.1 Å². The van der Waals surface area contributed by atoms with Crippen molar-refractivity contribution >= 4 is 17.5 Å². The van der Waals surface area contributed by atoms with Gasteiger partial charge in [-0.25, -0.2) is 0 Å².